The van der Waals surface area contributed by atoms with Gasteiger partial charge in [-0.2, -0.15) is 0 Å². The van der Waals surface area contributed by atoms with Crippen molar-refractivity contribution in [3.63, 3.8) is 0 Å². The minimum atomic E-state index is -0.343. The molecule has 0 amide bonds. The first-order chi connectivity index (χ1) is 12.2. The van der Waals surface area contributed by atoms with Crippen LogP contribution in [0.15, 0.2) is 59.4 Å². The first-order valence-corrected chi connectivity index (χ1v) is 8.88. The monoisotopic (exact) mass is 354 g/mol. The highest BCUT2D eigenvalue weighted by Gasteiger charge is 2.07. The molecule has 0 saturated carbocycles. The smallest absolute Gasteiger partial charge is 0.330 e. The highest BCUT2D eigenvalue weighted by Crippen LogP contribution is 2.27. The molecule has 5 heteroatoms. The van der Waals surface area contributed by atoms with Gasteiger partial charge in [0.15, 0.2) is 5.43 Å². The summed E-state index contributed by atoms with van der Waals surface area (Å²) >= 11 is 1.58. The number of benzene rings is 2. The molecule has 1 aromatic heterocycles. The number of hydrogen-bond acceptors (Lipinski definition) is 5. The normalized spacial score (nSPS) is 11.2. The Bertz CT molecular complexity index is 988. The first kappa shape index (κ1) is 17.2. The van der Waals surface area contributed by atoms with Gasteiger partial charge in [0.1, 0.15) is 5.75 Å². The fourth-order valence-corrected chi connectivity index (χ4v) is 3.58. The van der Waals surface area contributed by atoms with Crippen molar-refractivity contribution < 1.29 is 14.3 Å². The molecular formula is C20H18O4S. The predicted molar refractivity (Wildman–Crippen MR) is 101 cm³/mol. The summed E-state index contributed by atoms with van der Waals surface area (Å²) in [6.07, 6.45) is 3.63. The summed E-state index contributed by atoms with van der Waals surface area (Å²) in [6, 6.07) is 13.1. The highest BCUT2D eigenvalue weighted by molar-refractivity contribution is 7.24. The topological polar surface area (TPSA) is 52.6 Å². The van der Waals surface area contributed by atoms with E-state index in [0.717, 1.165) is 14.8 Å². The molecule has 3 rings (SSSR count). The van der Waals surface area contributed by atoms with Gasteiger partial charge in [0.2, 0.25) is 0 Å². The van der Waals surface area contributed by atoms with Crippen molar-refractivity contribution in [1.82, 2.24) is 0 Å². The molecule has 0 N–H and O–H groups in total. The van der Waals surface area contributed by atoms with Crippen LogP contribution in [0.3, 0.4) is 0 Å². The van der Waals surface area contributed by atoms with Gasteiger partial charge in [-0.15, -0.1) is 11.3 Å². The minimum Gasteiger partial charge on any atom is -0.493 e. The first-order valence-electron chi connectivity index (χ1n) is 8.07. The number of ether oxygens (including phenoxy) is 2. The molecular weight excluding hydrogens is 336 g/mol. The van der Waals surface area contributed by atoms with Gasteiger partial charge < -0.3 is 9.47 Å². The van der Waals surface area contributed by atoms with Gasteiger partial charge in [0.05, 0.1) is 13.2 Å². The maximum atomic E-state index is 12.5. The second-order valence-electron chi connectivity index (χ2n) is 5.45. The standard InChI is InChI=1S/C20H18O4S/c1-2-6-19(21)24-12-5-11-23-14-9-10-16-18(13-14)25-17-8-4-3-7-15(17)20(16)22/h2-4,6-10,13H,5,11-12H2,1H3. The Labute approximate surface area is 149 Å². The molecule has 0 aliphatic heterocycles. The molecule has 0 aliphatic rings. The van der Waals surface area contributed by atoms with Crippen LogP contribution < -0.4 is 10.2 Å². The Balaban J connectivity index is 1.68. The zero-order valence-electron chi connectivity index (χ0n) is 13.9. The van der Waals surface area contributed by atoms with Crippen molar-refractivity contribution in [3.05, 3.63) is 64.8 Å². The number of carbonyl (C=O) groups excluding carboxylic acids is 1. The third kappa shape index (κ3) is 4.06. The van der Waals surface area contributed by atoms with E-state index in [9.17, 15) is 9.59 Å². The van der Waals surface area contributed by atoms with Crippen LogP contribution in [0, 0.1) is 0 Å². The molecule has 128 valence electrons. The molecule has 0 fully saturated rings. The van der Waals surface area contributed by atoms with Crippen LogP contribution in [0.1, 0.15) is 13.3 Å². The zero-order valence-corrected chi connectivity index (χ0v) is 14.7. The van der Waals surface area contributed by atoms with Crippen LogP contribution in [0.5, 0.6) is 5.75 Å². The fourth-order valence-electron chi connectivity index (χ4n) is 2.48. The number of fused-ring (bicyclic) bond motifs is 2. The van der Waals surface area contributed by atoms with Crippen LogP contribution >= 0.6 is 11.3 Å². The molecule has 0 saturated heterocycles. The summed E-state index contributed by atoms with van der Waals surface area (Å²) in [5.41, 5.74) is 0.0480. The number of esters is 1. The highest BCUT2D eigenvalue weighted by atomic mass is 32.1. The zero-order chi connectivity index (χ0) is 17.6. The van der Waals surface area contributed by atoms with E-state index in [1.807, 2.05) is 36.4 Å². The molecule has 0 radical (unpaired) electrons. The largest absolute Gasteiger partial charge is 0.493 e. The lowest BCUT2D eigenvalue weighted by atomic mass is 10.2. The molecule has 0 atom stereocenters. The summed E-state index contributed by atoms with van der Waals surface area (Å²) in [6.45, 7) is 2.52. The number of hydrogen-bond donors (Lipinski definition) is 0. The molecule has 0 spiro atoms. The summed E-state index contributed by atoms with van der Waals surface area (Å²) in [4.78, 5) is 23.7. The fraction of sp³-hybridized carbons (Fsp3) is 0.200. The van der Waals surface area contributed by atoms with Crippen molar-refractivity contribution >= 4 is 37.5 Å². The van der Waals surface area contributed by atoms with E-state index in [1.54, 1.807) is 30.4 Å². The number of allylic oxidation sites excluding steroid dienone is 1. The Morgan fingerprint density at radius 1 is 1.08 bits per heavy atom. The van der Waals surface area contributed by atoms with Gasteiger partial charge in [-0.05, 0) is 37.3 Å². The van der Waals surface area contributed by atoms with Crippen LogP contribution in [0.2, 0.25) is 0 Å². The van der Waals surface area contributed by atoms with E-state index < -0.39 is 0 Å². The van der Waals surface area contributed by atoms with Crippen molar-refractivity contribution in [1.29, 1.82) is 0 Å². The minimum absolute atomic E-state index is 0.0480. The maximum Gasteiger partial charge on any atom is 0.330 e. The Morgan fingerprint density at radius 3 is 2.72 bits per heavy atom. The summed E-state index contributed by atoms with van der Waals surface area (Å²) in [7, 11) is 0. The van der Waals surface area contributed by atoms with Gasteiger partial charge >= 0.3 is 5.97 Å². The van der Waals surface area contributed by atoms with Crippen molar-refractivity contribution in [2.24, 2.45) is 0 Å². The molecule has 3 aromatic rings. The predicted octanol–water partition coefficient (Wildman–Crippen LogP) is 4.30. The average molecular weight is 354 g/mol. The van der Waals surface area contributed by atoms with Crippen molar-refractivity contribution in [2.45, 2.75) is 13.3 Å². The molecule has 0 unspecified atom stereocenters. The number of rotatable bonds is 6. The second kappa shape index (κ2) is 7.94. The van der Waals surface area contributed by atoms with Gasteiger partial charge in [0.25, 0.3) is 0 Å². The molecule has 4 nitrogen and oxygen atoms in total. The Morgan fingerprint density at radius 2 is 1.88 bits per heavy atom. The van der Waals surface area contributed by atoms with E-state index in [-0.39, 0.29) is 11.4 Å². The maximum absolute atomic E-state index is 12.5. The second-order valence-corrected chi connectivity index (χ2v) is 6.54. The Hall–Kier alpha value is -2.66. The van der Waals surface area contributed by atoms with E-state index in [2.05, 4.69) is 0 Å². The third-order valence-corrected chi connectivity index (χ3v) is 4.79. The molecule has 0 bridgehead atoms. The van der Waals surface area contributed by atoms with E-state index in [1.165, 1.54) is 6.08 Å². The third-order valence-electron chi connectivity index (χ3n) is 3.65. The van der Waals surface area contributed by atoms with Crippen molar-refractivity contribution in [2.75, 3.05) is 13.2 Å². The lowest BCUT2D eigenvalue weighted by Crippen LogP contribution is -2.07. The van der Waals surface area contributed by atoms with E-state index in [4.69, 9.17) is 9.47 Å². The van der Waals surface area contributed by atoms with Crippen molar-refractivity contribution in [3.8, 4) is 5.75 Å². The van der Waals surface area contributed by atoms with E-state index >= 15 is 0 Å². The van der Waals surface area contributed by atoms with Crippen LogP contribution in [-0.4, -0.2) is 19.2 Å². The summed E-state index contributed by atoms with van der Waals surface area (Å²) in [5, 5.41) is 1.45. The van der Waals surface area contributed by atoms with Crippen LogP contribution in [0.4, 0.5) is 0 Å². The molecule has 2 aromatic carbocycles. The molecule has 1 heterocycles. The lowest BCUT2D eigenvalue weighted by molar-refractivity contribution is -0.137. The summed E-state index contributed by atoms with van der Waals surface area (Å²) in [5.74, 6) is 0.364. The molecule has 0 aliphatic carbocycles. The van der Waals surface area contributed by atoms with Gasteiger partial charge in [0, 0.05) is 32.7 Å². The Kier molecular flexibility index (Phi) is 5.46. The van der Waals surface area contributed by atoms with Gasteiger partial charge in [-0.1, -0.05) is 18.2 Å². The van der Waals surface area contributed by atoms with Crippen LogP contribution in [-0.2, 0) is 9.53 Å². The van der Waals surface area contributed by atoms with Gasteiger partial charge in [-0.3, -0.25) is 4.79 Å². The van der Waals surface area contributed by atoms with Gasteiger partial charge in [-0.25, -0.2) is 4.79 Å². The quantitative estimate of drug-likeness (QED) is 0.287. The lowest BCUT2D eigenvalue weighted by Gasteiger charge is -2.08. The summed E-state index contributed by atoms with van der Waals surface area (Å²) < 4.78 is 12.6. The SMILES string of the molecule is CC=CC(=O)OCCCOc1ccc2c(=O)c3ccccc3sc2c1. The van der Waals surface area contributed by atoms with E-state index in [0.29, 0.717) is 30.8 Å². The molecule has 25 heavy (non-hydrogen) atoms. The van der Waals surface area contributed by atoms with Crippen LogP contribution in [0.25, 0.3) is 20.2 Å². The average Bonchev–Trinajstić information content (AvgIpc) is 2.62. The number of carbonyl (C=O) groups is 1.